The van der Waals surface area contributed by atoms with Crippen molar-refractivity contribution in [3.63, 3.8) is 0 Å². The molecule has 6 heteroatoms. The summed E-state index contributed by atoms with van der Waals surface area (Å²) in [6.45, 7) is 4.55. The maximum Gasteiger partial charge on any atom is 0.315 e. The first-order chi connectivity index (χ1) is 11.6. The molecule has 24 heavy (non-hydrogen) atoms. The van der Waals surface area contributed by atoms with Gasteiger partial charge in [-0.2, -0.15) is 0 Å². The first-order valence-corrected chi connectivity index (χ1v) is 9.11. The number of hydrogen-bond acceptors (Lipinski definition) is 4. The highest BCUT2D eigenvalue weighted by atomic mass is 32.1. The number of aromatic nitrogens is 1. The Morgan fingerprint density at radius 2 is 2.08 bits per heavy atom. The summed E-state index contributed by atoms with van der Waals surface area (Å²) in [5.41, 5.74) is 0.863. The van der Waals surface area contributed by atoms with Gasteiger partial charge in [-0.25, -0.2) is 9.78 Å². The standard InChI is InChI=1S/C18H25N3O2S/c1-3-15-12-20-17(24-15)9-10-19-18(23)21-13(2)11-16(22)14-7-5-4-6-8-14/h4-8,12-13,16,22H,3,9-11H2,1-2H3,(H2,19,21,23). The van der Waals surface area contributed by atoms with E-state index in [1.165, 1.54) is 4.88 Å². The van der Waals surface area contributed by atoms with E-state index in [0.29, 0.717) is 13.0 Å². The summed E-state index contributed by atoms with van der Waals surface area (Å²) in [7, 11) is 0. The van der Waals surface area contributed by atoms with Crippen LogP contribution in [0.25, 0.3) is 0 Å². The number of hydrogen-bond donors (Lipinski definition) is 3. The fraction of sp³-hybridized carbons (Fsp3) is 0.444. The highest BCUT2D eigenvalue weighted by molar-refractivity contribution is 7.11. The maximum absolute atomic E-state index is 11.9. The van der Waals surface area contributed by atoms with Crippen molar-refractivity contribution in [1.29, 1.82) is 0 Å². The Morgan fingerprint density at radius 1 is 1.33 bits per heavy atom. The molecule has 2 unspecified atom stereocenters. The van der Waals surface area contributed by atoms with E-state index in [4.69, 9.17) is 0 Å². The van der Waals surface area contributed by atoms with E-state index in [0.717, 1.165) is 23.4 Å². The van der Waals surface area contributed by atoms with Crippen molar-refractivity contribution in [2.24, 2.45) is 0 Å². The predicted octanol–water partition coefficient (Wildman–Crippen LogP) is 3.06. The molecule has 0 aliphatic rings. The zero-order valence-electron chi connectivity index (χ0n) is 14.2. The van der Waals surface area contributed by atoms with Crippen molar-refractivity contribution in [3.8, 4) is 0 Å². The summed E-state index contributed by atoms with van der Waals surface area (Å²) >= 11 is 1.69. The fourth-order valence-corrected chi connectivity index (χ4v) is 3.25. The minimum absolute atomic E-state index is 0.119. The lowest BCUT2D eigenvalue weighted by Crippen LogP contribution is -2.42. The molecule has 2 atom stereocenters. The van der Waals surface area contributed by atoms with Crippen LogP contribution in [0.2, 0.25) is 0 Å². The molecule has 0 saturated carbocycles. The van der Waals surface area contributed by atoms with E-state index >= 15 is 0 Å². The largest absolute Gasteiger partial charge is 0.388 e. The van der Waals surface area contributed by atoms with E-state index in [9.17, 15) is 9.90 Å². The van der Waals surface area contributed by atoms with Crippen LogP contribution in [0.4, 0.5) is 4.79 Å². The van der Waals surface area contributed by atoms with Crippen molar-refractivity contribution >= 4 is 17.4 Å². The molecular weight excluding hydrogens is 322 g/mol. The van der Waals surface area contributed by atoms with Gasteiger partial charge >= 0.3 is 6.03 Å². The van der Waals surface area contributed by atoms with Gasteiger partial charge in [0, 0.05) is 30.1 Å². The lowest BCUT2D eigenvalue weighted by Gasteiger charge is -2.18. The van der Waals surface area contributed by atoms with E-state index < -0.39 is 6.10 Å². The summed E-state index contributed by atoms with van der Waals surface area (Å²) in [5, 5.41) is 16.9. The van der Waals surface area contributed by atoms with E-state index in [2.05, 4.69) is 22.5 Å². The third kappa shape index (κ3) is 5.94. The molecule has 0 radical (unpaired) electrons. The van der Waals surface area contributed by atoms with Gasteiger partial charge in [0.25, 0.3) is 0 Å². The van der Waals surface area contributed by atoms with Crippen molar-refractivity contribution in [2.75, 3.05) is 6.54 Å². The van der Waals surface area contributed by atoms with Crippen LogP contribution in [0.1, 0.15) is 41.8 Å². The molecule has 3 N–H and O–H groups in total. The average molecular weight is 347 g/mol. The van der Waals surface area contributed by atoms with Gasteiger partial charge < -0.3 is 15.7 Å². The van der Waals surface area contributed by atoms with Gasteiger partial charge in [-0.15, -0.1) is 11.3 Å². The molecule has 0 bridgehead atoms. The Morgan fingerprint density at radius 3 is 2.75 bits per heavy atom. The van der Waals surface area contributed by atoms with Crippen LogP contribution in [0, 0.1) is 0 Å². The summed E-state index contributed by atoms with van der Waals surface area (Å²) < 4.78 is 0. The number of aryl methyl sites for hydroxylation is 1. The van der Waals surface area contributed by atoms with Crippen LogP contribution in [-0.4, -0.2) is 28.7 Å². The quantitative estimate of drug-likeness (QED) is 0.687. The van der Waals surface area contributed by atoms with Crippen molar-refractivity contribution in [2.45, 2.75) is 45.3 Å². The normalized spacial score (nSPS) is 13.3. The number of urea groups is 1. The second kappa shape index (κ2) is 9.39. The second-order valence-electron chi connectivity index (χ2n) is 5.79. The van der Waals surface area contributed by atoms with Gasteiger partial charge in [0.05, 0.1) is 11.1 Å². The van der Waals surface area contributed by atoms with Gasteiger partial charge in [0.15, 0.2) is 0 Å². The summed E-state index contributed by atoms with van der Waals surface area (Å²) in [5.74, 6) is 0. The molecule has 1 aromatic heterocycles. The molecule has 1 aromatic carbocycles. The average Bonchev–Trinajstić information content (AvgIpc) is 3.03. The number of thiazole rings is 1. The van der Waals surface area contributed by atoms with E-state index in [1.54, 1.807) is 11.3 Å². The number of aliphatic hydroxyl groups excluding tert-OH is 1. The van der Waals surface area contributed by atoms with Crippen molar-refractivity contribution in [1.82, 2.24) is 15.6 Å². The molecule has 1 heterocycles. The Labute approximate surface area is 147 Å². The number of aliphatic hydroxyl groups is 1. The highest BCUT2D eigenvalue weighted by Crippen LogP contribution is 2.17. The van der Waals surface area contributed by atoms with Crippen LogP contribution in [0.5, 0.6) is 0 Å². The Hall–Kier alpha value is -1.92. The number of carbonyl (C=O) groups is 1. The molecular formula is C18H25N3O2S. The predicted molar refractivity (Wildman–Crippen MR) is 97.2 cm³/mol. The SMILES string of the molecule is CCc1cnc(CCNC(=O)NC(C)CC(O)c2ccccc2)s1. The van der Waals surface area contributed by atoms with Gasteiger partial charge in [0.2, 0.25) is 0 Å². The number of nitrogens with zero attached hydrogens (tertiary/aromatic N) is 1. The Balaban J connectivity index is 1.67. The molecule has 2 rings (SSSR count). The second-order valence-corrected chi connectivity index (χ2v) is 6.99. The minimum Gasteiger partial charge on any atom is -0.388 e. The molecule has 0 saturated heterocycles. The van der Waals surface area contributed by atoms with Crippen molar-refractivity contribution in [3.05, 3.63) is 52.0 Å². The summed E-state index contributed by atoms with van der Waals surface area (Å²) in [4.78, 5) is 17.5. The first kappa shape index (κ1) is 18.4. The number of nitrogens with one attached hydrogen (secondary N) is 2. The van der Waals surface area contributed by atoms with Gasteiger partial charge in [-0.05, 0) is 25.3 Å². The molecule has 2 amide bonds. The molecule has 0 aliphatic heterocycles. The number of amides is 2. The lowest BCUT2D eigenvalue weighted by atomic mass is 10.0. The fourth-order valence-electron chi connectivity index (χ4n) is 2.39. The lowest BCUT2D eigenvalue weighted by molar-refractivity contribution is 0.154. The molecule has 0 fully saturated rings. The Bertz CT molecular complexity index is 630. The monoisotopic (exact) mass is 347 g/mol. The van der Waals surface area contributed by atoms with Gasteiger partial charge in [-0.1, -0.05) is 37.3 Å². The number of benzene rings is 1. The van der Waals surface area contributed by atoms with Crippen LogP contribution in [0.3, 0.4) is 0 Å². The topological polar surface area (TPSA) is 74.2 Å². The smallest absolute Gasteiger partial charge is 0.315 e. The molecule has 5 nitrogen and oxygen atoms in total. The zero-order chi connectivity index (χ0) is 17.4. The molecule has 0 aliphatic carbocycles. The van der Waals surface area contributed by atoms with Crippen molar-refractivity contribution < 1.29 is 9.90 Å². The summed E-state index contributed by atoms with van der Waals surface area (Å²) in [6.07, 6.45) is 3.52. The first-order valence-electron chi connectivity index (χ1n) is 8.29. The molecule has 0 spiro atoms. The zero-order valence-corrected chi connectivity index (χ0v) is 15.0. The van der Waals surface area contributed by atoms with Crippen LogP contribution >= 0.6 is 11.3 Å². The number of rotatable bonds is 8. The van der Waals surface area contributed by atoms with E-state index in [1.807, 2.05) is 43.5 Å². The third-order valence-corrected chi connectivity index (χ3v) is 4.91. The van der Waals surface area contributed by atoms with Crippen LogP contribution < -0.4 is 10.6 Å². The third-order valence-electron chi connectivity index (χ3n) is 3.71. The summed E-state index contributed by atoms with van der Waals surface area (Å²) in [6, 6.07) is 9.14. The van der Waals surface area contributed by atoms with E-state index in [-0.39, 0.29) is 12.1 Å². The van der Waals surface area contributed by atoms with Gasteiger partial charge in [0.1, 0.15) is 0 Å². The number of carbonyl (C=O) groups excluding carboxylic acids is 1. The molecule has 2 aromatic rings. The maximum atomic E-state index is 11.9. The van der Waals surface area contributed by atoms with Gasteiger partial charge in [-0.3, -0.25) is 0 Å². The Kier molecular flexibility index (Phi) is 7.21. The minimum atomic E-state index is -0.579. The van der Waals surface area contributed by atoms with Crippen LogP contribution in [-0.2, 0) is 12.8 Å². The highest BCUT2D eigenvalue weighted by Gasteiger charge is 2.14. The van der Waals surface area contributed by atoms with Crippen LogP contribution in [0.15, 0.2) is 36.5 Å². The molecule has 130 valence electrons.